The van der Waals surface area contributed by atoms with Gasteiger partial charge in [0.1, 0.15) is 0 Å². The lowest BCUT2D eigenvalue weighted by Crippen LogP contribution is -2.02. The summed E-state index contributed by atoms with van der Waals surface area (Å²) in [5, 5.41) is 7.67. The first kappa shape index (κ1) is 28.2. The molecule has 0 atom stereocenters. The zero-order chi connectivity index (χ0) is 33.9. The van der Waals surface area contributed by atoms with Crippen molar-refractivity contribution < 1.29 is 0 Å². The summed E-state index contributed by atoms with van der Waals surface area (Å²) < 4.78 is 7.28. The minimum atomic E-state index is 1.15. The molecule has 4 heteroatoms. The molecule has 12 rings (SSSR count). The van der Waals surface area contributed by atoms with Crippen molar-refractivity contribution in [3.63, 3.8) is 0 Å². The second-order valence-electron chi connectivity index (χ2n) is 13.8. The van der Waals surface area contributed by atoms with E-state index < -0.39 is 0 Å². The lowest BCUT2D eigenvalue weighted by atomic mass is 10.0. The standard InChI is InChI=1S/C48H29N3S/c1-5-15-40-34(10-1)35-11-2-6-16-41(35)50(40)33-25-26-44-39(29-33)37-13-4-7-17-42(37)49(44)32-23-20-30(21-24-32)31-22-27-46-45(28-31)51-43-18-8-3-12-36(43)38-14-9-19-47(52-46)48(38)51/h1-29H. The summed E-state index contributed by atoms with van der Waals surface area (Å²) in [5.74, 6) is 0. The third-order valence-electron chi connectivity index (χ3n) is 11.0. The Morgan fingerprint density at radius 2 is 0.808 bits per heavy atom. The number of benzene rings is 8. The fraction of sp³-hybridized carbons (Fsp3) is 0. The SMILES string of the molecule is c1ccc2c(c1)c1ccccc1n2-c1ccc2c(c1)c1ccccc1n2-c1ccc(-c2ccc3c(c2)-n2c4ccccc4c4cccc(c42)S3)cc1. The third-order valence-corrected chi connectivity index (χ3v) is 12.1. The molecule has 0 aliphatic carbocycles. The highest BCUT2D eigenvalue weighted by molar-refractivity contribution is 7.99. The average Bonchev–Trinajstić information content (AvgIpc) is 3.85. The summed E-state index contributed by atoms with van der Waals surface area (Å²) in [4.78, 5) is 2.60. The van der Waals surface area contributed by atoms with E-state index >= 15 is 0 Å². The van der Waals surface area contributed by atoms with Crippen molar-refractivity contribution in [2.75, 3.05) is 0 Å². The molecule has 0 radical (unpaired) electrons. The molecule has 8 aromatic carbocycles. The molecule has 0 saturated heterocycles. The van der Waals surface area contributed by atoms with Crippen LogP contribution in [0.4, 0.5) is 0 Å². The van der Waals surface area contributed by atoms with E-state index in [0.29, 0.717) is 0 Å². The molecule has 0 fully saturated rings. The third kappa shape index (κ3) is 3.82. The van der Waals surface area contributed by atoms with Gasteiger partial charge in [-0.05, 0) is 83.9 Å². The van der Waals surface area contributed by atoms with Crippen LogP contribution in [0.3, 0.4) is 0 Å². The van der Waals surface area contributed by atoms with E-state index in [1.165, 1.54) is 97.7 Å². The second-order valence-corrected chi connectivity index (χ2v) is 14.8. The van der Waals surface area contributed by atoms with Gasteiger partial charge in [-0.15, -0.1) is 0 Å². The van der Waals surface area contributed by atoms with Crippen LogP contribution in [0, 0.1) is 0 Å². The monoisotopic (exact) mass is 679 g/mol. The summed E-state index contributed by atoms with van der Waals surface area (Å²) in [7, 11) is 0. The number of hydrogen-bond acceptors (Lipinski definition) is 1. The molecule has 0 bridgehead atoms. The van der Waals surface area contributed by atoms with Crippen molar-refractivity contribution in [1.29, 1.82) is 0 Å². The lowest BCUT2D eigenvalue weighted by molar-refractivity contribution is 1.09. The molecule has 0 amide bonds. The highest BCUT2D eigenvalue weighted by Gasteiger charge is 2.23. The van der Waals surface area contributed by atoms with Gasteiger partial charge in [-0.2, -0.15) is 0 Å². The van der Waals surface area contributed by atoms with Crippen molar-refractivity contribution in [3.8, 4) is 28.2 Å². The summed E-state index contributed by atoms with van der Waals surface area (Å²) in [6, 6.07) is 64.7. The maximum atomic E-state index is 2.47. The number of fused-ring (bicyclic) bond motifs is 11. The van der Waals surface area contributed by atoms with E-state index in [9.17, 15) is 0 Å². The van der Waals surface area contributed by atoms with Gasteiger partial charge in [0.2, 0.25) is 0 Å². The number of rotatable bonds is 3. The molecule has 1 aliphatic heterocycles. The first-order valence-electron chi connectivity index (χ1n) is 17.8. The quantitative estimate of drug-likeness (QED) is 0.181. The van der Waals surface area contributed by atoms with Crippen LogP contribution in [0.2, 0.25) is 0 Å². The van der Waals surface area contributed by atoms with E-state index in [1.807, 2.05) is 11.8 Å². The van der Waals surface area contributed by atoms with E-state index in [1.54, 1.807) is 0 Å². The Balaban J connectivity index is 0.988. The zero-order valence-electron chi connectivity index (χ0n) is 28.0. The Bertz CT molecular complexity index is 3210. The normalized spacial score (nSPS) is 12.5. The van der Waals surface area contributed by atoms with Gasteiger partial charge >= 0.3 is 0 Å². The topological polar surface area (TPSA) is 14.8 Å². The minimum absolute atomic E-state index is 1.15. The van der Waals surface area contributed by atoms with Gasteiger partial charge in [-0.25, -0.2) is 0 Å². The van der Waals surface area contributed by atoms with E-state index in [4.69, 9.17) is 0 Å². The number of para-hydroxylation sites is 5. The summed E-state index contributed by atoms with van der Waals surface area (Å²) in [5.41, 5.74) is 13.4. The van der Waals surface area contributed by atoms with Crippen LogP contribution in [0.5, 0.6) is 0 Å². The molecule has 1 aliphatic rings. The van der Waals surface area contributed by atoms with Crippen molar-refractivity contribution in [3.05, 3.63) is 176 Å². The maximum absolute atomic E-state index is 2.47. The van der Waals surface area contributed by atoms with Crippen LogP contribution in [0.15, 0.2) is 186 Å². The van der Waals surface area contributed by atoms with Gasteiger partial charge in [-0.1, -0.05) is 115 Å². The molecule has 242 valence electrons. The van der Waals surface area contributed by atoms with Gasteiger partial charge in [-0.3, -0.25) is 0 Å². The van der Waals surface area contributed by atoms with Crippen molar-refractivity contribution in [2.24, 2.45) is 0 Å². The van der Waals surface area contributed by atoms with Gasteiger partial charge in [0, 0.05) is 53.5 Å². The van der Waals surface area contributed by atoms with Crippen LogP contribution in [0.25, 0.3) is 93.6 Å². The predicted molar refractivity (Wildman–Crippen MR) is 219 cm³/mol. The molecule has 11 aromatic rings. The van der Waals surface area contributed by atoms with Crippen molar-refractivity contribution >= 4 is 77.2 Å². The van der Waals surface area contributed by atoms with Gasteiger partial charge in [0.05, 0.1) is 38.8 Å². The Hall–Kier alpha value is -6.49. The molecular formula is C48H29N3S. The van der Waals surface area contributed by atoms with Crippen LogP contribution in [0.1, 0.15) is 0 Å². The van der Waals surface area contributed by atoms with Crippen LogP contribution in [-0.4, -0.2) is 13.7 Å². The molecular weight excluding hydrogens is 651 g/mol. The number of hydrogen-bond donors (Lipinski definition) is 0. The molecule has 3 aromatic heterocycles. The van der Waals surface area contributed by atoms with Gasteiger partial charge in [0.25, 0.3) is 0 Å². The van der Waals surface area contributed by atoms with E-state index in [0.717, 1.165) is 5.69 Å². The second kappa shape index (κ2) is 10.5. The summed E-state index contributed by atoms with van der Waals surface area (Å²) in [6.07, 6.45) is 0. The summed E-state index contributed by atoms with van der Waals surface area (Å²) in [6.45, 7) is 0. The fourth-order valence-corrected chi connectivity index (χ4v) is 9.85. The molecule has 0 unspecified atom stereocenters. The number of nitrogens with zero attached hydrogens (tertiary/aromatic N) is 3. The van der Waals surface area contributed by atoms with Crippen LogP contribution >= 0.6 is 11.8 Å². The molecule has 0 spiro atoms. The molecule has 52 heavy (non-hydrogen) atoms. The Morgan fingerprint density at radius 1 is 0.308 bits per heavy atom. The Kier molecular flexibility index (Phi) is 5.71. The van der Waals surface area contributed by atoms with Gasteiger partial charge < -0.3 is 13.7 Å². The molecule has 0 N–H and O–H groups in total. The number of aromatic nitrogens is 3. The zero-order valence-corrected chi connectivity index (χ0v) is 28.8. The minimum Gasteiger partial charge on any atom is -0.309 e. The predicted octanol–water partition coefficient (Wildman–Crippen LogP) is 13.1. The van der Waals surface area contributed by atoms with Crippen LogP contribution < -0.4 is 0 Å². The molecule has 3 nitrogen and oxygen atoms in total. The van der Waals surface area contributed by atoms with E-state index in [2.05, 4.69) is 190 Å². The molecule has 4 heterocycles. The van der Waals surface area contributed by atoms with Crippen LogP contribution in [-0.2, 0) is 0 Å². The first-order valence-corrected chi connectivity index (χ1v) is 18.6. The lowest BCUT2D eigenvalue weighted by Gasteiger charge is -2.21. The highest BCUT2D eigenvalue weighted by atomic mass is 32.2. The average molecular weight is 680 g/mol. The Labute approximate surface area is 303 Å². The largest absolute Gasteiger partial charge is 0.309 e. The van der Waals surface area contributed by atoms with Gasteiger partial charge in [0.15, 0.2) is 0 Å². The highest BCUT2D eigenvalue weighted by Crippen LogP contribution is 2.47. The van der Waals surface area contributed by atoms with Crippen molar-refractivity contribution in [1.82, 2.24) is 13.7 Å². The fourth-order valence-electron chi connectivity index (χ4n) is 8.78. The smallest absolute Gasteiger partial charge is 0.0681 e. The first-order chi connectivity index (χ1) is 25.8. The van der Waals surface area contributed by atoms with Crippen molar-refractivity contribution in [2.45, 2.75) is 9.79 Å². The summed E-state index contributed by atoms with van der Waals surface area (Å²) >= 11 is 1.87. The Morgan fingerprint density at radius 3 is 1.48 bits per heavy atom. The van der Waals surface area contributed by atoms with E-state index in [-0.39, 0.29) is 0 Å². The molecule has 0 saturated carbocycles. The maximum Gasteiger partial charge on any atom is 0.0681 e.